The van der Waals surface area contributed by atoms with Gasteiger partial charge in [0.15, 0.2) is 0 Å². The van der Waals surface area contributed by atoms with Crippen LogP contribution in [0, 0.1) is 13.8 Å². The number of rotatable bonds is 3. The van der Waals surface area contributed by atoms with E-state index < -0.39 is 6.04 Å². The second-order valence-corrected chi connectivity index (χ2v) is 7.13. The lowest BCUT2D eigenvalue weighted by Crippen LogP contribution is -2.49. The van der Waals surface area contributed by atoms with Crippen LogP contribution in [0.4, 0.5) is 10.5 Å². The molecule has 5 heteroatoms. The quantitative estimate of drug-likeness (QED) is 0.895. The summed E-state index contributed by atoms with van der Waals surface area (Å²) in [5, 5.41) is 5.88. The van der Waals surface area contributed by atoms with Crippen LogP contribution in [0.15, 0.2) is 18.2 Å². The van der Waals surface area contributed by atoms with Gasteiger partial charge in [-0.25, -0.2) is 4.79 Å². The lowest BCUT2D eigenvalue weighted by molar-refractivity contribution is -0.118. The van der Waals surface area contributed by atoms with Crippen molar-refractivity contribution in [3.8, 4) is 0 Å². The Bertz CT molecular complexity index is 603. The van der Waals surface area contributed by atoms with E-state index in [1.807, 2.05) is 26.0 Å². The highest BCUT2D eigenvalue weighted by Crippen LogP contribution is 2.24. The fourth-order valence-electron chi connectivity index (χ4n) is 3.81. The van der Waals surface area contributed by atoms with Crippen LogP contribution in [0.2, 0.25) is 0 Å². The molecule has 1 aromatic carbocycles. The van der Waals surface area contributed by atoms with Gasteiger partial charge >= 0.3 is 6.03 Å². The summed E-state index contributed by atoms with van der Waals surface area (Å²) in [7, 11) is 0. The van der Waals surface area contributed by atoms with E-state index >= 15 is 0 Å². The van der Waals surface area contributed by atoms with Gasteiger partial charge in [-0.3, -0.25) is 4.79 Å². The standard InChI is InChI=1S/C19H27N3O2/c1-13-10-14(2)12-16(11-13)22-9-8-17(18(22)23)21-19(24)20-15-6-4-3-5-7-15/h10-12,15,17H,3-9H2,1-2H3,(H2,20,21,24). The Hall–Kier alpha value is -2.04. The summed E-state index contributed by atoms with van der Waals surface area (Å²) in [4.78, 5) is 26.6. The van der Waals surface area contributed by atoms with Gasteiger partial charge in [0, 0.05) is 18.3 Å². The number of hydrogen-bond donors (Lipinski definition) is 2. The largest absolute Gasteiger partial charge is 0.335 e. The summed E-state index contributed by atoms with van der Waals surface area (Å²) < 4.78 is 0. The molecule has 3 rings (SSSR count). The Morgan fingerprint density at radius 3 is 2.33 bits per heavy atom. The summed E-state index contributed by atoms with van der Waals surface area (Å²) >= 11 is 0. The number of carbonyl (C=O) groups excluding carboxylic acids is 2. The number of carbonyl (C=O) groups is 2. The third kappa shape index (κ3) is 3.89. The van der Waals surface area contributed by atoms with Crippen molar-refractivity contribution in [2.75, 3.05) is 11.4 Å². The van der Waals surface area contributed by atoms with Crippen LogP contribution in [-0.2, 0) is 4.79 Å². The first-order valence-electron chi connectivity index (χ1n) is 8.99. The van der Waals surface area contributed by atoms with Crippen molar-refractivity contribution >= 4 is 17.6 Å². The molecule has 2 aliphatic rings. The molecule has 2 N–H and O–H groups in total. The third-order valence-corrected chi connectivity index (χ3v) is 4.97. The average Bonchev–Trinajstić information content (AvgIpc) is 2.88. The number of aryl methyl sites for hydroxylation is 2. The van der Waals surface area contributed by atoms with Gasteiger partial charge < -0.3 is 15.5 Å². The van der Waals surface area contributed by atoms with Gasteiger partial charge in [-0.2, -0.15) is 0 Å². The number of hydrogen-bond acceptors (Lipinski definition) is 2. The predicted octanol–water partition coefficient (Wildman–Crippen LogP) is 3.04. The minimum Gasteiger partial charge on any atom is -0.335 e. The van der Waals surface area contributed by atoms with Crippen LogP contribution < -0.4 is 15.5 Å². The Kier molecular flexibility index (Phi) is 5.07. The van der Waals surface area contributed by atoms with E-state index in [4.69, 9.17) is 0 Å². The number of nitrogens with one attached hydrogen (secondary N) is 2. The topological polar surface area (TPSA) is 61.4 Å². The molecule has 0 radical (unpaired) electrons. The highest BCUT2D eigenvalue weighted by Gasteiger charge is 2.34. The van der Waals surface area contributed by atoms with Crippen LogP contribution in [0.1, 0.15) is 49.7 Å². The zero-order valence-corrected chi connectivity index (χ0v) is 14.6. The fourth-order valence-corrected chi connectivity index (χ4v) is 3.81. The zero-order chi connectivity index (χ0) is 17.1. The summed E-state index contributed by atoms with van der Waals surface area (Å²) in [6.07, 6.45) is 6.35. The van der Waals surface area contributed by atoms with E-state index in [1.54, 1.807) is 4.90 Å². The van der Waals surface area contributed by atoms with Gasteiger partial charge in [0.2, 0.25) is 5.91 Å². The van der Waals surface area contributed by atoms with Crippen LogP contribution in [0.25, 0.3) is 0 Å². The van der Waals surface area contributed by atoms with Crippen LogP contribution in [0.5, 0.6) is 0 Å². The average molecular weight is 329 g/mol. The Balaban J connectivity index is 1.58. The minimum atomic E-state index is -0.422. The lowest BCUT2D eigenvalue weighted by Gasteiger charge is -2.24. The SMILES string of the molecule is Cc1cc(C)cc(N2CCC(NC(=O)NC3CCCCC3)C2=O)c1. The van der Waals surface area contributed by atoms with E-state index in [-0.39, 0.29) is 18.0 Å². The first-order valence-corrected chi connectivity index (χ1v) is 8.99. The Morgan fingerprint density at radius 1 is 1.00 bits per heavy atom. The third-order valence-electron chi connectivity index (χ3n) is 4.97. The Labute approximate surface area is 143 Å². The Morgan fingerprint density at radius 2 is 1.67 bits per heavy atom. The number of anilines is 1. The maximum Gasteiger partial charge on any atom is 0.315 e. The minimum absolute atomic E-state index is 0.0150. The van der Waals surface area contributed by atoms with Crippen molar-refractivity contribution in [2.45, 2.75) is 64.5 Å². The lowest BCUT2D eigenvalue weighted by atomic mass is 9.96. The molecule has 0 spiro atoms. The van der Waals surface area contributed by atoms with E-state index in [1.165, 1.54) is 19.3 Å². The molecule has 2 fully saturated rings. The smallest absolute Gasteiger partial charge is 0.315 e. The van der Waals surface area contributed by atoms with Gasteiger partial charge in [-0.1, -0.05) is 25.3 Å². The molecule has 1 aliphatic carbocycles. The second kappa shape index (κ2) is 7.24. The summed E-state index contributed by atoms with van der Waals surface area (Å²) in [6, 6.07) is 5.77. The van der Waals surface area contributed by atoms with Gasteiger partial charge in [0.25, 0.3) is 0 Å². The molecule has 1 unspecified atom stereocenters. The number of nitrogens with zero attached hydrogens (tertiary/aromatic N) is 1. The van der Waals surface area contributed by atoms with Crippen molar-refractivity contribution in [1.82, 2.24) is 10.6 Å². The summed E-state index contributed by atoms with van der Waals surface area (Å²) in [5.41, 5.74) is 3.21. The highest BCUT2D eigenvalue weighted by atomic mass is 16.2. The fraction of sp³-hybridized carbons (Fsp3) is 0.579. The number of urea groups is 1. The van der Waals surface area contributed by atoms with Crippen molar-refractivity contribution < 1.29 is 9.59 Å². The molecule has 0 aromatic heterocycles. The van der Waals surface area contributed by atoms with Crippen molar-refractivity contribution in [3.05, 3.63) is 29.3 Å². The van der Waals surface area contributed by atoms with Crippen LogP contribution in [0.3, 0.4) is 0 Å². The maximum absolute atomic E-state index is 12.6. The van der Waals surface area contributed by atoms with E-state index in [9.17, 15) is 9.59 Å². The van der Waals surface area contributed by atoms with Crippen molar-refractivity contribution in [3.63, 3.8) is 0 Å². The van der Waals surface area contributed by atoms with E-state index in [2.05, 4.69) is 16.7 Å². The maximum atomic E-state index is 12.6. The molecular weight excluding hydrogens is 302 g/mol. The van der Waals surface area contributed by atoms with Gasteiger partial charge in [-0.05, 0) is 56.4 Å². The molecule has 0 bridgehead atoms. The molecule has 1 saturated carbocycles. The normalized spacial score (nSPS) is 21.8. The summed E-state index contributed by atoms with van der Waals surface area (Å²) in [5.74, 6) is -0.0150. The van der Waals surface area contributed by atoms with E-state index in [0.717, 1.165) is 29.7 Å². The second-order valence-electron chi connectivity index (χ2n) is 7.13. The first kappa shape index (κ1) is 16.8. The zero-order valence-electron chi connectivity index (χ0n) is 14.6. The molecule has 5 nitrogen and oxygen atoms in total. The van der Waals surface area contributed by atoms with Crippen LogP contribution in [-0.4, -0.2) is 30.6 Å². The first-order chi connectivity index (χ1) is 11.5. The molecule has 1 saturated heterocycles. The molecule has 1 atom stereocenters. The molecule has 1 aromatic rings. The van der Waals surface area contributed by atoms with Gasteiger partial charge in [-0.15, -0.1) is 0 Å². The molecular formula is C19H27N3O2. The number of amides is 3. The molecule has 1 heterocycles. The number of benzene rings is 1. The molecule has 3 amide bonds. The van der Waals surface area contributed by atoms with E-state index in [0.29, 0.717) is 13.0 Å². The van der Waals surface area contributed by atoms with Crippen molar-refractivity contribution in [2.24, 2.45) is 0 Å². The van der Waals surface area contributed by atoms with Crippen molar-refractivity contribution in [1.29, 1.82) is 0 Å². The molecule has 24 heavy (non-hydrogen) atoms. The highest BCUT2D eigenvalue weighted by molar-refractivity contribution is 6.01. The molecule has 130 valence electrons. The van der Waals surface area contributed by atoms with Gasteiger partial charge in [0.05, 0.1) is 0 Å². The van der Waals surface area contributed by atoms with Gasteiger partial charge in [0.1, 0.15) is 6.04 Å². The monoisotopic (exact) mass is 329 g/mol. The van der Waals surface area contributed by atoms with Crippen LogP contribution >= 0.6 is 0 Å². The predicted molar refractivity (Wildman–Crippen MR) is 95.2 cm³/mol. The summed E-state index contributed by atoms with van der Waals surface area (Å²) in [6.45, 7) is 4.71. The molecule has 1 aliphatic heterocycles.